The summed E-state index contributed by atoms with van der Waals surface area (Å²) in [5, 5.41) is 0. The van der Waals surface area contributed by atoms with Gasteiger partial charge in [-0.15, -0.1) is 0 Å². The molecule has 1 N–H and O–H groups in total. The van der Waals surface area contributed by atoms with Crippen molar-refractivity contribution in [1.29, 1.82) is 0 Å². The number of hydrogen-bond acceptors (Lipinski definition) is 5. The molecular formula is C12H21N2O5SY-. The van der Waals surface area contributed by atoms with Crippen molar-refractivity contribution in [3.63, 3.8) is 0 Å². The van der Waals surface area contributed by atoms with Crippen LogP contribution in [-0.4, -0.2) is 45.3 Å². The summed E-state index contributed by atoms with van der Waals surface area (Å²) in [7, 11) is -2.37. The molecule has 0 atom stereocenters. The van der Waals surface area contributed by atoms with Crippen LogP contribution in [0, 0.1) is 11.8 Å². The molecule has 1 saturated carbocycles. The van der Waals surface area contributed by atoms with Crippen LogP contribution in [0.2, 0.25) is 0 Å². The van der Waals surface area contributed by atoms with Gasteiger partial charge in [-0.1, -0.05) is 0 Å². The van der Waals surface area contributed by atoms with Crippen molar-refractivity contribution >= 4 is 22.6 Å². The zero-order valence-corrected chi connectivity index (χ0v) is 16.0. The van der Waals surface area contributed by atoms with Gasteiger partial charge in [-0.2, -0.15) is 19.1 Å². The predicted octanol–water partition coefficient (Wildman–Crippen LogP) is 0.187. The minimum absolute atomic E-state index is 0. The topological polar surface area (TPSA) is 92.8 Å². The van der Waals surface area contributed by atoms with E-state index in [9.17, 15) is 18.0 Å². The number of carbonyl (C=O) groups is 1. The Kier molecular flexibility index (Phi) is 9.85. The van der Waals surface area contributed by atoms with Crippen LogP contribution >= 0.6 is 0 Å². The first kappa shape index (κ1) is 21.0. The molecule has 0 spiro atoms. The Hall–Kier alpha value is -0.0461. The summed E-state index contributed by atoms with van der Waals surface area (Å²) < 4.78 is 30.8. The van der Waals surface area contributed by atoms with E-state index in [2.05, 4.69) is 0 Å². The number of nitrogens with one attached hydrogen (secondary N) is 1. The van der Waals surface area contributed by atoms with Crippen LogP contribution in [0.15, 0.2) is 0 Å². The monoisotopic (exact) mass is 394 g/mol. The molecule has 1 fully saturated rings. The molecule has 0 saturated heterocycles. The van der Waals surface area contributed by atoms with Crippen LogP contribution in [0.3, 0.4) is 0 Å². The molecule has 1 aliphatic carbocycles. The van der Waals surface area contributed by atoms with E-state index in [1.54, 1.807) is 11.6 Å². The van der Waals surface area contributed by atoms with Crippen LogP contribution in [0.5, 0.6) is 0 Å². The van der Waals surface area contributed by atoms with Crippen molar-refractivity contribution in [1.82, 2.24) is 9.03 Å². The normalized spacial score (nSPS) is 22.2. The third-order valence-corrected chi connectivity index (χ3v) is 4.87. The molecule has 0 aromatic heterocycles. The number of esters is 1. The average molecular weight is 394 g/mol. The molecule has 0 unspecified atom stereocenters. The summed E-state index contributed by atoms with van der Waals surface area (Å²) in [4.78, 5) is 21.7. The van der Waals surface area contributed by atoms with Gasteiger partial charge in [0.25, 0.3) is 10.2 Å². The van der Waals surface area contributed by atoms with Crippen LogP contribution in [0.1, 0.15) is 32.6 Å². The molecule has 0 aliphatic heterocycles. The molecular weight excluding hydrogens is 373 g/mol. The zero-order valence-electron chi connectivity index (χ0n) is 12.4. The standard InChI is InChI=1S/C12H21N2O5S.Y/c1-3-19-12(16)11-6-4-10(5-7-11)8-14(2)20(17,18)13-9-15;/h10-11H,3-8H2,1-2H3,(H,13,15);/q-1;. The Balaban J connectivity index is 0.00000400. The van der Waals surface area contributed by atoms with Crippen molar-refractivity contribution in [3.05, 3.63) is 0 Å². The number of amides is 1. The maximum absolute atomic E-state index is 11.6. The number of hydrogen-bond donors (Lipinski definition) is 1. The van der Waals surface area contributed by atoms with Crippen LogP contribution in [0.4, 0.5) is 0 Å². The smallest absolute Gasteiger partial charge is 0.308 e. The Bertz CT molecular complexity index is 435. The summed E-state index contributed by atoms with van der Waals surface area (Å²) in [6.45, 7) is 2.49. The van der Waals surface area contributed by atoms with E-state index in [1.165, 1.54) is 13.5 Å². The van der Waals surface area contributed by atoms with E-state index < -0.39 is 10.2 Å². The Morgan fingerprint density at radius 2 is 1.90 bits per heavy atom. The van der Waals surface area contributed by atoms with Gasteiger partial charge in [-0.3, -0.25) is 4.79 Å². The molecule has 0 aromatic carbocycles. The molecule has 1 amide bonds. The van der Waals surface area contributed by atoms with Crippen molar-refractivity contribution in [3.8, 4) is 0 Å². The maximum atomic E-state index is 11.6. The Morgan fingerprint density at radius 1 is 1.33 bits per heavy atom. The van der Waals surface area contributed by atoms with Crippen molar-refractivity contribution in [2.75, 3.05) is 20.2 Å². The summed E-state index contributed by atoms with van der Waals surface area (Å²) in [6.07, 6.45) is 4.14. The van der Waals surface area contributed by atoms with E-state index in [1.807, 2.05) is 0 Å². The molecule has 1 rings (SSSR count). The number of ether oxygens (including phenoxy) is 1. The second-order valence-corrected chi connectivity index (χ2v) is 6.74. The maximum Gasteiger partial charge on any atom is 0.308 e. The van der Waals surface area contributed by atoms with Gasteiger partial charge in [0.05, 0.1) is 12.5 Å². The van der Waals surface area contributed by atoms with E-state index >= 15 is 0 Å². The van der Waals surface area contributed by atoms with Gasteiger partial charge in [0, 0.05) is 46.3 Å². The van der Waals surface area contributed by atoms with Gasteiger partial charge >= 0.3 is 5.97 Å². The molecule has 1 radical (unpaired) electrons. The van der Waals surface area contributed by atoms with Gasteiger partial charge in [0.2, 0.25) is 0 Å². The van der Waals surface area contributed by atoms with E-state index in [-0.39, 0.29) is 50.5 Å². The van der Waals surface area contributed by atoms with E-state index in [4.69, 9.17) is 4.74 Å². The SMILES string of the molecule is CCOC(=O)C1CCC(CN(C)S(=O)(=O)N[C-]=O)CC1.[Y]. The largest absolute Gasteiger partial charge is 0.519 e. The second kappa shape index (κ2) is 9.87. The first-order valence-electron chi connectivity index (χ1n) is 6.67. The van der Waals surface area contributed by atoms with Gasteiger partial charge in [-0.05, 0) is 38.5 Å². The minimum atomic E-state index is -3.78. The van der Waals surface area contributed by atoms with Crippen LogP contribution < -0.4 is 4.72 Å². The summed E-state index contributed by atoms with van der Waals surface area (Å²) in [6, 6.07) is 0. The number of rotatable bonds is 7. The predicted molar refractivity (Wildman–Crippen MR) is 72.5 cm³/mol. The van der Waals surface area contributed by atoms with Crippen molar-refractivity contribution in [2.24, 2.45) is 11.8 Å². The molecule has 7 nitrogen and oxygen atoms in total. The first-order chi connectivity index (χ1) is 9.40. The fraction of sp³-hybridized carbons (Fsp3) is 0.833. The zero-order chi connectivity index (χ0) is 15.2. The first-order valence-corrected chi connectivity index (χ1v) is 8.11. The molecule has 0 aromatic rings. The number of nitrogens with zero attached hydrogens (tertiary/aromatic N) is 1. The fourth-order valence-corrected chi connectivity index (χ4v) is 3.10. The fourth-order valence-electron chi connectivity index (χ4n) is 2.43. The summed E-state index contributed by atoms with van der Waals surface area (Å²) in [5.74, 6) is -0.0485. The molecule has 21 heavy (non-hydrogen) atoms. The van der Waals surface area contributed by atoms with E-state index in [0.29, 0.717) is 26.0 Å². The third-order valence-electron chi connectivity index (χ3n) is 3.56. The molecule has 0 bridgehead atoms. The quantitative estimate of drug-likeness (QED) is 0.378. The van der Waals surface area contributed by atoms with Crippen LogP contribution in [0.25, 0.3) is 0 Å². The molecule has 9 heteroatoms. The average Bonchev–Trinajstić information content (AvgIpc) is 2.39. The Labute approximate surface area is 151 Å². The van der Waals surface area contributed by atoms with Gasteiger partial charge in [-0.25, -0.2) is 0 Å². The Morgan fingerprint density at radius 3 is 2.38 bits per heavy atom. The van der Waals surface area contributed by atoms with Crippen LogP contribution in [-0.2, 0) is 57.2 Å². The third kappa shape index (κ3) is 6.71. The summed E-state index contributed by atoms with van der Waals surface area (Å²) >= 11 is 0. The van der Waals surface area contributed by atoms with Crippen molar-refractivity contribution in [2.45, 2.75) is 32.6 Å². The van der Waals surface area contributed by atoms with Gasteiger partial charge in [0.1, 0.15) is 0 Å². The van der Waals surface area contributed by atoms with E-state index in [0.717, 1.165) is 17.1 Å². The van der Waals surface area contributed by atoms with Crippen molar-refractivity contribution < 1.29 is 55.5 Å². The molecule has 119 valence electrons. The summed E-state index contributed by atoms with van der Waals surface area (Å²) in [5.41, 5.74) is 0. The minimum Gasteiger partial charge on any atom is -0.519 e. The van der Waals surface area contributed by atoms with Gasteiger partial charge in [0.15, 0.2) is 0 Å². The molecule has 0 heterocycles. The number of carbonyl (C=O) groups excluding carboxylic acids is 2. The molecule has 1 aliphatic rings. The second-order valence-electron chi connectivity index (χ2n) is 4.96. The van der Waals surface area contributed by atoms with Gasteiger partial charge < -0.3 is 14.3 Å².